The molecule has 0 radical (unpaired) electrons. The van der Waals surface area contributed by atoms with Gasteiger partial charge >= 0.3 is 6.03 Å². The summed E-state index contributed by atoms with van der Waals surface area (Å²) in [7, 11) is 3.30. The van der Waals surface area contributed by atoms with Crippen LogP contribution in [0.1, 0.15) is 23.3 Å². The van der Waals surface area contributed by atoms with Crippen LogP contribution in [0.3, 0.4) is 0 Å². The number of aliphatic hydroxyl groups is 1. The number of methoxy groups -OCH3 is 1. The molecule has 37 heavy (non-hydrogen) atoms. The number of hydrogen-bond acceptors (Lipinski definition) is 9. The van der Waals surface area contributed by atoms with Crippen molar-refractivity contribution in [1.29, 1.82) is 0 Å². The van der Waals surface area contributed by atoms with Gasteiger partial charge in [-0.05, 0) is 31.2 Å². The summed E-state index contributed by atoms with van der Waals surface area (Å²) in [4.78, 5) is 33.3. The molecule has 1 saturated carbocycles. The Hall–Kier alpha value is -4.52. The van der Waals surface area contributed by atoms with Gasteiger partial charge < -0.3 is 25.4 Å². The maximum Gasteiger partial charge on any atom is 0.326 e. The van der Waals surface area contributed by atoms with E-state index in [0.717, 1.165) is 6.42 Å². The molecular formula is C24H27N9O4. The highest BCUT2D eigenvalue weighted by molar-refractivity contribution is 6.00. The van der Waals surface area contributed by atoms with Crippen LogP contribution in [0.2, 0.25) is 0 Å². The Morgan fingerprint density at radius 3 is 2.73 bits per heavy atom. The fourth-order valence-electron chi connectivity index (χ4n) is 4.48. The molecule has 3 amide bonds. The topological polar surface area (TPSA) is 151 Å². The second kappa shape index (κ2) is 9.85. The van der Waals surface area contributed by atoms with E-state index in [1.165, 1.54) is 18.2 Å². The lowest BCUT2D eigenvalue weighted by molar-refractivity contribution is 0.00448. The Morgan fingerprint density at radius 1 is 1.24 bits per heavy atom. The van der Waals surface area contributed by atoms with Crippen LogP contribution in [0.15, 0.2) is 43.4 Å². The average Bonchev–Trinajstić information content (AvgIpc) is 3.48. The molecule has 0 bridgehead atoms. The minimum absolute atomic E-state index is 0.00462. The highest BCUT2D eigenvalue weighted by Gasteiger charge is 2.42. The Morgan fingerprint density at radius 2 is 2.08 bits per heavy atom. The Labute approximate surface area is 212 Å². The van der Waals surface area contributed by atoms with Gasteiger partial charge in [0.2, 0.25) is 0 Å². The summed E-state index contributed by atoms with van der Waals surface area (Å²) in [6.07, 6.45) is 3.78. The molecule has 1 saturated heterocycles. The fraction of sp³-hybridized carbons (Fsp3) is 0.333. The van der Waals surface area contributed by atoms with Crippen molar-refractivity contribution in [3.63, 3.8) is 0 Å². The van der Waals surface area contributed by atoms with E-state index in [1.54, 1.807) is 41.2 Å². The first-order valence-corrected chi connectivity index (χ1v) is 11.8. The standard InChI is InChI=1S/C24H27N9O4/c1-4-25-23(35)20-16(27-15-7-5-6-14(21(15)37-3)22-26-13-31(2)30-22)12-19(28-29-20)33-11-10-32(24(33)36)17-8-9-18(17)34/h4-7,12-13,17-18,34H,1,8-11H2,2-3H3,(H,25,35)(H,27,28). The maximum absolute atomic E-state index is 13.1. The third-order valence-electron chi connectivity index (χ3n) is 6.48. The van der Waals surface area contributed by atoms with Gasteiger partial charge in [-0.2, -0.15) is 5.10 Å². The lowest BCUT2D eigenvalue weighted by Gasteiger charge is -2.39. The molecule has 5 rings (SSSR count). The number of nitrogens with one attached hydrogen (secondary N) is 2. The SMILES string of the molecule is C=CNC(=O)c1nnc(N2CCN(C3CCC3O)C2=O)cc1Nc1cccc(-c2ncn(C)n2)c1OC. The molecule has 3 heterocycles. The van der Waals surface area contributed by atoms with Crippen LogP contribution >= 0.6 is 0 Å². The number of hydrogen-bond donors (Lipinski definition) is 3. The van der Waals surface area contributed by atoms with Crippen molar-refractivity contribution < 1.29 is 19.4 Å². The van der Waals surface area contributed by atoms with Gasteiger partial charge in [0.25, 0.3) is 5.91 Å². The molecule has 1 aliphatic carbocycles. The first-order chi connectivity index (χ1) is 17.9. The minimum atomic E-state index is -0.523. The maximum atomic E-state index is 13.1. The van der Waals surface area contributed by atoms with Crippen LogP contribution in [-0.4, -0.2) is 79.3 Å². The second-order valence-electron chi connectivity index (χ2n) is 8.74. The summed E-state index contributed by atoms with van der Waals surface area (Å²) in [5.74, 6) is 0.692. The molecule has 13 nitrogen and oxygen atoms in total. The van der Waals surface area contributed by atoms with Gasteiger partial charge in [0.1, 0.15) is 6.33 Å². The number of aliphatic hydroxyl groups excluding tert-OH is 1. The number of carbonyl (C=O) groups excluding carboxylic acids is 2. The third kappa shape index (κ3) is 4.44. The van der Waals surface area contributed by atoms with E-state index in [9.17, 15) is 14.7 Å². The molecule has 2 aliphatic rings. The summed E-state index contributed by atoms with van der Waals surface area (Å²) in [6, 6.07) is 6.56. The summed E-state index contributed by atoms with van der Waals surface area (Å²) in [6.45, 7) is 4.39. The Bertz CT molecular complexity index is 1360. The second-order valence-corrected chi connectivity index (χ2v) is 8.74. The van der Waals surface area contributed by atoms with Crippen LogP contribution in [0.5, 0.6) is 5.75 Å². The number of para-hydroxylation sites is 1. The highest BCUT2D eigenvalue weighted by atomic mass is 16.5. The van der Waals surface area contributed by atoms with E-state index in [1.807, 2.05) is 6.07 Å². The number of urea groups is 1. The molecule has 3 aromatic rings. The number of carbonyl (C=O) groups is 2. The van der Waals surface area contributed by atoms with Crippen LogP contribution in [0.25, 0.3) is 11.4 Å². The molecule has 0 spiro atoms. The van der Waals surface area contributed by atoms with Gasteiger partial charge in [-0.3, -0.25) is 14.4 Å². The normalized spacial score (nSPS) is 18.9. The van der Waals surface area contributed by atoms with Gasteiger partial charge in [-0.1, -0.05) is 12.6 Å². The third-order valence-corrected chi connectivity index (χ3v) is 6.48. The van der Waals surface area contributed by atoms with E-state index in [4.69, 9.17) is 4.74 Å². The van der Waals surface area contributed by atoms with Gasteiger partial charge in [-0.15, -0.1) is 10.2 Å². The number of benzene rings is 1. The summed E-state index contributed by atoms with van der Waals surface area (Å²) >= 11 is 0. The molecule has 2 fully saturated rings. The van der Waals surface area contributed by atoms with Crippen molar-refractivity contribution in [2.45, 2.75) is 25.0 Å². The summed E-state index contributed by atoms with van der Waals surface area (Å²) < 4.78 is 7.27. The lowest BCUT2D eigenvalue weighted by atomic mass is 9.88. The Balaban J connectivity index is 1.50. The quantitative estimate of drug-likeness (QED) is 0.415. The number of ether oxygens (including phenoxy) is 1. The zero-order valence-corrected chi connectivity index (χ0v) is 20.5. The van der Waals surface area contributed by atoms with Crippen molar-refractivity contribution >= 4 is 29.1 Å². The zero-order valence-electron chi connectivity index (χ0n) is 20.5. The van der Waals surface area contributed by atoms with E-state index >= 15 is 0 Å². The molecule has 2 atom stereocenters. The zero-order chi connectivity index (χ0) is 26.1. The number of amides is 3. The molecular weight excluding hydrogens is 478 g/mol. The molecule has 1 aromatic carbocycles. The largest absolute Gasteiger partial charge is 0.494 e. The fourth-order valence-corrected chi connectivity index (χ4v) is 4.48. The van der Waals surface area contributed by atoms with E-state index < -0.39 is 12.0 Å². The first-order valence-electron chi connectivity index (χ1n) is 11.8. The molecule has 2 aromatic heterocycles. The number of aromatic nitrogens is 5. The summed E-state index contributed by atoms with van der Waals surface area (Å²) in [5, 5.41) is 28.4. The van der Waals surface area contributed by atoms with Crippen LogP contribution in [-0.2, 0) is 7.05 Å². The van der Waals surface area contributed by atoms with Gasteiger partial charge in [0, 0.05) is 26.2 Å². The smallest absolute Gasteiger partial charge is 0.326 e. The van der Waals surface area contributed by atoms with Crippen LogP contribution < -0.4 is 20.3 Å². The van der Waals surface area contributed by atoms with E-state index in [0.29, 0.717) is 48.0 Å². The Kier molecular flexibility index (Phi) is 6.44. The molecule has 13 heteroatoms. The highest BCUT2D eigenvalue weighted by Crippen LogP contribution is 2.37. The van der Waals surface area contributed by atoms with Gasteiger partial charge in [0.15, 0.2) is 23.1 Å². The molecule has 192 valence electrons. The van der Waals surface area contributed by atoms with E-state index in [2.05, 4.69) is 37.5 Å². The lowest BCUT2D eigenvalue weighted by Crippen LogP contribution is -2.52. The predicted octanol–water partition coefficient (Wildman–Crippen LogP) is 1.66. The molecule has 2 unspecified atom stereocenters. The number of anilines is 3. The van der Waals surface area contributed by atoms with Crippen molar-refractivity contribution in [3.05, 3.63) is 49.1 Å². The monoisotopic (exact) mass is 505 g/mol. The predicted molar refractivity (Wildman–Crippen MR) is 134 cm³/mol. The van der Waals surface area contributed by atoms with E-state index in [-0.39, 0.29) is 23.6 Å². The van der Waals surface area contributed by atoms with Gasteiger partial charge in [-0.25, -0.2) is 9.78 Å². The van der Waals surface area contributed by atoms with Crippen LogP contribution in [0, 0.1) is 0 Å². The van der Waals surface area contributed by atoms with Crippen molar-refractivity contribution in [1.82, 2.24) is 35.2 Å². The molecule has 3 N–H and O–H groups in total. The minimum Gasteiger partial charge on any atom is -0.494 e. The van der Waals surface area contributed by atoms with Crippen molar-refractivity contribution in [2.75, 3.05) is 30.4 Å². The molecule has 1 aliphatic heterocycles. The average molecular weight is 506 g/mol. The van der Waals surface area contributed by atoms with Crippen molar-refractivity contribution in [3.8, 4) is 17.1 Å². The number of rotatable bonds is 8. The first kappa shape index (κ1) is 24.2. The number of aryl methyl sites for hydroxylation is 1. The summed E-state index contributed by atoms with van der Waals surface area (Å²) in [5.41, 5.74) is 1.50. The number of nitrogens with zero attached hydrogens (tertiary/aromatic N) is 7. The van der Waals surface area contributed by atoms with Gasteiger partial charge in [0.05, 0.1) is 36.2 Å². The van der Waals surface area contributed by atoms with Crippen LogP contribution in [0.4, 0.5) is 22.0 Å². The van der Waals surface area contributed by atoms with Crippen molar-refractivity contribution in [2.24, 2.45) is 7.05 Å².